The van der Waals surface area contributed by atoms with E-state index in [2.05, 4.69) is 5.32 Å². The van der Waals surface area contributed by atoms with Crippen molar-refractivity contribution in [3.05, 3.63) is 70.1 Å². The van der Waals surface area contributed by atoms with Gasteiger partial charge in [-0.15, -0.1) is 11.3 Å². The molecule has 3 aromatic rings. The third-order valence-electron chi connectivity index (χ3n) is 6.30. The third-order valence-corrected chi connectivity index (χ3v) is 7.32. The van der Waals surface area contributed by atoms with Gasteiger partial charge in [0.15, 0.2) is 0 Å². The molecule has 0 saturated heterocycles. The van der Waals surface area contributed by atoms with Gasteiger partial charge < -0.3 is 14.8 Å². The second kappa shape index (κ2) is 11.2. The fraction of sp³-hybridized carbons (Fsp3) is 0.310. The molecule has 2 aromatic carbocycles. The molecule has 0 radical (unpaired) electrons. The van der Waals surface area contributed by atoms with Gasteiger partial charge in [-0.05, 0) is 56.0 Å². The first kappa shape index (κ1) is 27.1. The summed E-state index contributed by atoms with van der Waals surface area (Å²) in [6.07, 6.45) is 0.265. The van der Waals surface area contributed by atoms with Gasteiger partial charge in [-0.1, -0.05) is 38.1 Å². The maximum atomic E-state index is 13.7. The first-order valence-electron chi connectivity index (χ1n) is 12.4. The molecule has 1 unspecified atom stereocenters. The molecule has 9 heteroatoms. The summed E-state index contributed by atoms with van der Waals surface area (Å²) < 4.78 is 10.6. The quantitative estimate of drug-likeness (QED) is 0.285. The standard InChI is InChI=1S/C29H30N2O6S/c1-6-37-19-13-11-18(12-14-19)23-17(4)38-26(24(23)29(35)36-5)30-25(32)22(15-16(2)3)31-27(33)20-9-7-8-10-21(20)28(31)34/h7-14,16,22H,6,15H2,1-5H3,(H,30,32). The Hall–Kier alpha value is -3.98. The molecule has 1 aromatic heterocycles. The molecule has 8 nitrogen and oxygen atoms in total. The first-order valence-corrected chi connectivity index (χ1v) is 13.2. The highest BCUT2D eigenvalue weighted by Crippen LogP contribution is 2.41. The number of carbonyl (C=O) groups excluding carboxylic acids is 4. The van der Waals surface area contributed by atoms with E-state index < -0.39 is 29.7 Å². The number of benzene rings is 2. The maximum Gasteiger partial charge on any atom is 0.341 e. The van der Waals surface area contributed by atoms with Crippen molar-refractivity contribution in [1.29, 1.82) is 0 Å². The molecule has 1 atom stereocenters. The van der Waals surface area contributed by atoms with Crippen molar-refractivity contribution in [2.75, 3.05) is 19.0 Å². The summed E-state index contributed by atoms with van der Waals surface area (Å²) in [5, 5.41) is 3.15. The summed E-state index contributed by atoms with van der Waals surface area (Å²) in [6.45, 7) is 8.12. The van der Waals surface area contributed by atoms with Crippen LogP contribution in [0, 0.1) is 12.8 Å². The van der Waals surface area contributed by atoms with E-state index in [1.807, 2.05) is 52.0 Å². The largest absolute Gasteiger partial charge is 0.494 e. The Morgan fingerprint density at radius 3 is 2.13 bits per heavy atom. The number of nitrogens with zero attached hydrogens (tertiary/aromatic N) is 1. The van der Waals surface area contributed by atoms with E-state index in [9.17, 15) is 19.2 Å². The van der Waals surface area contributed by atoms with Crippen LogP contribution in [-0.4, -0.2) is 48.3 Å². The maximum absolute atomic E-state index is 13.7. The normalized spacial score (nSPS) is 13.5. The number of carbonyl (C=O) groups is 4. The summed E-state index contributed by atoms with van der Waals surface area (Å²) in [5.41, 5.74) is 2.18. The molecule has 0 bridgehead atoms. The van der Waals surface area contributed by atoms with Gasteiger partial charge in [0.25, 0.3) is 11.8 Å². The van der Waals surface area contributed by atoms with Crippen LogP contribution < -0.4 is 10.1 Å². The zero-order chi connectivity index (χ0) is 27.6. The third kappa shape index (κ3) is 5.06. The number of hydrogen-bond acceptors (Lipinski definition) is 7. The summed E-state index contributed by atoms with van der Waals surface area (Å²) in [6, 6.07) is 12.8. The molecule has 4 rings (SSSR count). The Kier molecular flexibility index (Phi) is 7.97. The number of ether oxygens (including phenoxy) is 2. The van der Waals surface area contributed by atoms with Crippen LogP contribution in [0.4, 0.5) is 5.00 Å². The summed E-state index contributed by atoms with van der Waals surface area (Å²) in [5.74, 6) is -1.43. The number of hydrogen-bond donors (Lipinski definition) is 1. The first-order chi connectivity index (χ1) is 18.2. The predicted octanol–water partition coefficient (Wildman–Crippen LogP) is 5.56. The molecule has 198 valence electrons. The van der Waals surface area contributed by atoms with Crippen LogP contribution in [0.25, 0.3) is 11.1 Å². The molecule has 0 saturated carbocycles. The minimum absolute atomic E-state index is 0.0135. The van der Waals surface area contributed by atoms with Crippen LogP contribution in [0.5, 0.6) is 5.75 Å². The van der Waals surface area contributed by atoms with Crippen molar-refractivity contribution in [3.63, 3.8) is 0 Å². The molecule has 0 aliphatic carbocycles. The number of fused-ring (bicyclic) bond motifs is 1. The second-order valence-electron chi connectivity index (χ2n) is 9.35. The molecule has 38 heavy (non-hydrogen) atoms. The highest BCUT2D eigenvalue weighted by molar-refractivity contribution is 7.17. The Morgan fingerprint density at radius 2 is 1.61 bits per heavy atom. The van der Waals surface area contributed by atoms with Crippen molar-refractivity contribution in [2.24, 2.45) is 5.92 Å². The topological polar surface area (TPSA) is 102 Å². The van der Waals surface area contributed by atoms with Gasteiger partial charge in [-0.25, -0.2) is 4.79 Å². The monoisotopic (exact) mass is 534 g/mol. The van der Waals surface area contributed by atoms with E-state index in [0.29, 0.717) is 22.9 Å². The van der Waals surface area contributed by atoms with Gasteiger partial charge in [0, 0.05) is 10.4 Å². The van der Waals surface area contributed by atoms with Crippen LogP contribution >= 0.6 is 11.3 Å². The number of amides is 3. The molecule has 1 N–H and O–H groups in total. The van der Waals surface area contributed by atoms with Crippen LogP contribution in [0.15, 0.2) is 48.5 Å². The number of anilines is 1. The average Bonchev–Trinajstić information content (AvgIpc) is 3.35. The van der Waals surface area contributed by atoms with Crippen LogP contribution in [0.3, 0.4) is 0 Å². The number of aryl methyl sites for hydroxylation is 1. The van der Waals surface area contributed by atoms with Crippen LogP contribution in [-0.2, 0) is 9.53 Å². The van der Waals surface area contributed by atoms with E-state index in [1.54, 1.807) is 24.3 Å². The SMILES string of the molecule is CCOc1ccc(-c2c(C)sc(NC(=O)C(CC(C)C)N3C(=O)c4ccccc4C3=O)c2C(=O)OC)cc1. The lowest BCUT2D eigenvalue weighted by atomic mass is 10.00. The highest BCUT2D eigenvalue weighted by atomic mass is 32.1. The van der Waals surface area contributed by atoms with Gasteiger partial charge in [0.2, 0.25) is 5.91 Å². The smallest absolute Gasteiger partial charge is 0.341 e. The minimum Gasteiger partial charge on any atom is -0.494 e. The lowest BCUT2D eigenvalue weighted by molar-refractivity contribution is -0.120. The Morgan fingerprint density at radius 1 is 1.00 bits per heavy atom. The highest BCUT2D eigenvalue weighted by Gasteiger charge is 2.43. The molecular weight excluding hydrogens is 504 g/mol. The van der Waals surface area contributed by atoms with Crippen molar-refractivity contribution >= 4 is 40.0 Å². The Labute approximate surface area is 225 Å². The molecule has 1 aliphatic rings. The van der Waals surface area contributed by atoms with E-state index in [0.717, 1.165) is 15.3 Å². The van der Waals surface area contributed by atoms with Crippen LogP contribution in [0.2, 0.25) is 0 Å². The van der Waals surface area contributed by atoms with Gasteiger partial charge in [0.05, 0.1) is 24.8 Å². The van der Waals surface area contributed by atoms with Gasteiger partial charge in [0.1, 0.15) is 22.4 Å². The van der Waals surface area contributed by atoms with E-state index in [1.165, 1.54) is 18.4 Å². The van der Waals surface area contributed by atoms with E-state index >= 15 is 0 Å². The minimum atomic E-state index is -1.05. The van der Waals surface area contributed by atoms with Crippen molar-refractivity contribution in [3.8, 4) is 16.9 Å². The lowest BCUT2D eigenvalue weighted by Crippen LogP contribution is -2.48. The predicted molar refractivity (Wildman–Crippen MR) is 146 cm³/mol. The van der Waals surface area contributed by atoms with E-state index in [-0.39, 0.29) is 29.0 Å². The number of methoxy groups -OCH3 is 1. The van der Waals surface area contributed by atoms with Gasteiger partial charge in [-0.3, -0.25) is 19.3 Å². The van der Waals surface area contributed by atoms with Crippen molar-refractivity contribution in [2.45, 2.75) is 40.2 Å². The summed E-state index contributed by atoms with van der Waals surface area (Å²) >= 11 is 1.24. The number of esters is 1. The average molecular weight is 535 g/mol. The molecule has 3 amide bonds. The summed E-state index contributed by atoms with van der Waals surface area (Å²) in [7, 11) is 1.28. The lowest BCUT2D eigenvalue weighted by Gasteiger charge is -2.26. The molecular formula is C29H30N2O6S. The van der Waals surface area contributed by atoms with Crippen molar-refractivity contribution < 1.29 is 28.7 Å². The number of thiophene rings is 1. The number of imide groups is 1. The number of rotatable bonds is 9. The molecule has 0 spiro atoms. The zero-order valence-corrected chi connectivity index (χ0v) is 22.8. The van der Waals surface area contributed by atoms with Gasteiger partial charge in [-0.2, -0.15) is 0 Å². The molecule has 1 aliphatic heterocycles. The van der Waals surface area contributed by atoms with Crippen LogP contribution in [0.1, 0.15) is 63.1 Å². The fourth-order valence-electron chi connectivity index (χ4n) is 4.62. The summed E-state index contributed by atoms with van der Waals surface area (Å²) in [4.78, 5) is 54.8. The zero-order valence-electron chi connectivity index (χ0n) is 22.0. The number of nitrogens with one attached hydrogen (secondary N) is 1. The molecule has 2 heterocycles. The van der Waals surface area contributed by atoms with E-state index in [4.69, 9.17) is 9.47 Å². The molecule has 0 fully saturated rings. The Bertz CT molecular complexity index is 1360. The van der Waals surface area contributed by atoms with Crippen molar-refractivity contribution in [1.82, 2.24) is 4.90 Å². The van der Waals surface area contributed by atoms with Gasteiger partial charge >= 0.3 is 5.97 Å². The fourth-order valence-corrected chi connectivity index (χ4v) is 5.69. The second-order valence-corrected chi connectivity index (χ2v) is 10.6. The Balaban J connectivity index is 1.71.